The van der Waals surface area contributed by atoms with Crippen LogP contribution in [0.2, 0.25) is 0 Å². The van der Waals surface area contributed by atoms with Gasteiger partial charge in [0.25, 0.3) is 0 Å². The summed E-state index contributed by atoms with van der Waals surface area (Å²) in [6.07, 6.45) is 2.42. The third-order valence-corrected chi connectivity index (χ3v) is 5.16. The zero-order valence-corrected chi connectivity index (χ0v) is 12.9. The molecule has 114 valence electrons. The second-order valence-electron chi connectivity index (χ2n) is 5.10. The second kappa shape index (κ2) is 6.66. The molecule has 7 nitrogen and oxygen atoms in total. The summed E-state index contributed by atoms with van der Waals surface area (Å²) in [6, 6.07) is 0. The lowest BCUT2D eigenvalue weighted by atomic mass is 10.4. The number of aromatic nitrogens is 2. The third-order valence-electron chi connectivity index (χ3n) is 3.49. The van der Waals surface area contributed by atoms with Crippen molar-refractivity contribution < 1.29 is 8.42 Å². The highest BCUT2D eigenvalue weighted by molar-refractivity contribution is 7.89. The minimum absolute atomic E-state index is 0.272. The van der Waals surface area contributed by atoms with Crippen LogP contribution >= 0.6 is 0 Å². The molecule has 0 radical (unpaired) electrons. The van der Waals surface area contributed by atoms with E-state index in [1.807, 2.05) is 0 Å². The van der Waals surface area contributed by atoms with E-state index in [0.29, 0.717) is 24.5 Å². The number of hydrogen-bond acceptors (Lipinski definition) is 5. The molecule has 0 aromatic carbocycles. The van der Waals surface area contributed by atoms with Gasteiger partial charge in [0.2, 0.25) is 10.0 Å². The van der Waals surface area contributed by atoms with Gasteiger partial charge in [0.15, 0.2) is 0 Å². The first-order valence-electron chi connectivity index (χ1n) is 6.95. The molecule has 0 atom stereocenters. The maximum atomic E-state index is 12.4. The minimum Gasteiger partial charge on any atom is -0.314 e. The van der Waals surface area contributed by atoms with Gasteiger partial charge in [-0.3, -0.25) is 5.10 Å². The van der Waals surface area contributed by atoms with Crippen LogP contribution in [-0.4, -0.2) is 56.7 Å². The van der Waals surface area contributed by atoms with Crippen molar-refractivity contribution in [2.45, 2.75) is 31.2 Å². The summed E-state index contributed by atoms with van der Waals surface area (Å²) in [6.45, 7) is 5.48. The Labute approximate surface area is 120 Å². The molecule has 8 heteroatoms. The van der Waals surface area contributed by atoms with Crippen LogP contribution in [0, 0.1) is 6.92 Å². The Kier molecular flexibility index (Phi) is 5.14. The number of nitrogens with zero attached hydrogens (tertiary/aromatic N) is 2. The van der Waals surface area contributed by atoms with Crippen molar-refractivity contribution in [3.05, 3.63) is 11.4 Å². The predicted molar refractivity (Wildman–Crippen MR) is 77.0 cm³/mol. The average molecular weight is 301 g/mol. The molecule has 1 aromatic heterocycles. The van der Waals surface area contributed by atoms with Gasteiger partial charge in [-0.1, -0.05) is 0 Å². The maximum absolute atomic E-state index is 12.4. The molecule has 1 aromatic rings. The van der Waals surface area contributed by atoms with Gasteiger partial charge >= 0.3 is 0 Å². The highest BCUT2D eigenvalue weighted by atomic mass is 32.2. The van der Waals surface area contributed by atoms with Crippen molar-refractivity contribution in [3.63, 3.8) is 0 Å². The highest BCUT2D eigenvalue weighted by Crippen LogP contribution is 2.17. The maximum Gasteiger partial charge on any atom is 0.244 e. The number of likely N-dealkylation sites (tertiary alicyclic amines) is 1. The molecule has 0 unspecified atom stereocenters. The quantitative estimate of drug-likeness (QED) is 0.649. The zero-order chi connectivity index (χ0) is 14.6. The first-order chi connectivity index (χ1) is 9.54. The standard InChI is InChI=1S/C12H23N5O2S/c1-10-12(11(9-13-2)16-15-10)20(18,19)14-5-8-17-6-3-4-7-17/h13-14H,3-9H2,1-2H3,(H,15,16). The van der Waals surface area contributed by atoms with Crippen LogP contribution in [0.5, 0.6) is 0 Å². The summed E-state index contributed by atoms with van der Waals surface area (Å²) in [4.78, 5) is 2.55. The SMILES string of the molecule is CNCc1n[nH]c(C)c1S(=O)(=O)NCCN1CCCC1. The summed E-state index contributed by atoms with van der Waals surface area (Å²) in [7, 11) is -1.74. The van der Waals surface area contributed by atoms with Gasteiger partial charge in [-0.15, -0.1) is 0 Å². The van der Waals surface area contributed by atoms with Gasteiger partial charge in [0.1, 0.15) is 4.90 Å². The van der Waals surface area contributed by atoms with Crippen LogP contribution in [0.1, 0.15) is 24.2 Å². The molecule has 0 spiro atoms. The Morgan fingerprint density at radius 1 is 1.35 bits per heavy atom. The van der Waals surface area contributed by atoms with E-state index in [-0.39, 0.29) is 4.90 Å². The molecule has 1 aliphatic heterocycles. The lowest BCUT2D eigenvalue weighted by Crippen LogP contribution is -2.34. The number of aromatic amines is 1. The normalized spacial score (nSPS) is 16.9. The second-order valence-corrected chi connectivity index (χ2v) is 6.81. The van der Waals surface area contributed by atoms with Gasteiger partial charge in [0, 0.05) is 19.6 Å². The molecule has 2 heterocycles. The fourth-order valence-electron chi connectivity index (χ4n) is 2.53. The predicted octanol–water partition coefficient (Wildman–Crippen LogP) is -0.188. The Morgan fingerprint density at radius 2 is 2.05 bits per heavy atom. The molecular weight excluding hydrogens is 278 g/mol. The van der Waals surface area contributed by atoms with Crippen LogP contribution in [0.4, 0.5) is 0 Å². The van der Waals surface area contributed by atoms with Crippen LogP contribution in [0.15, 0.2) is 4.90 Å². The van der Waals surface area contributed by atoms with Crippen LogP contribution < -0.4 is 10.0 Å². The van der Waals surface area contributed by atoms with Crippen LogP contribution in [0.3, 0.4) is 0 Å². The Morgan fingerprint density at radius 3 is 2.70 bits per heavy atom. The smallest absolute Gasteiger partial charge is 0.244 e. The van der Waals surface area contributed by atoms with E-state index in [9.17, 15) is 8.42 Å². The number of sulfonamides is 1. The van der Waals surface area contributed by atoms with Crippen molar-refractivity contribution in [1.29, 1.82) is 0 Å². The Hall–Kier alpha value is -0.960. The van der Waals surface area contributed by atoms with Gasteiger partial charge in [0.05, 0.1) is 11.4 Å². The summed E-state index contributed by atoms with van der Waals surface area (Å²) in [5.41, 5.74) is 1.10. The van der Waals surface area contributed by atoms with Crippen molar-refractivity contribution in [2.24, 2.45) is 0 Å². The molecular formula is C12H23N5O2S. The van der Waals surface area contributed by atoms with E-state index in [1.165, 1.54) is 12.8 Å². The number of nitrogens with one attached hydrogen (secondary N) is 3. The first kappa shape index (κ1) is 15.4. The summed E-state index contributed by atoms with van der Waals surface area (Å²) in [5, 5.41) is 9.71. The van der Waals surface area contributed by atoms with Crippen LogP contribution in [0.25, 0.3) is 0 Å². The number of hydrogen-bond donors (Lipinski definition) is 3. The summed E-state index contributed by atoms with van der Waals surface area (Å²) >= 11 is 0. The van der Waals surface area contributed by atoms with E-state index >= 15 is 0 Å². The fraction of sp³-hybridized carbons (Fsp3) is 0.750. The van der Waals surface area contributed by atoms with E-state index in [2.05, 4.69) is 25.1 Å². The Balaban J connectivity index is 2.00. The Bertz CT molecular complexity index is 534. The number of rotatable bonds is 7. The van der Waals surface area contributed by atoms with Crippen molar-refractivity contribution >= 4 is 10.0 Å². The zero-order valence-electron chi connectivity index (χ0n) is 12.1. The molecule has 1 fully saturated rings. The number of H-pyrrole nitrogens is 1. The van der Waals surface area contributed by atoms with Gasteiger partial charge in [-0.05, 0) is 39.9 Å². The molecule has 0 bridgehead atoms. The molecule has 1 aliphatic rings. The molecule has 0 amide bonds. The van der Waals surface area contributed by atoms with Crippen molar-refractivity contribution in [1.82, 2.24) is 25.1 Å². The topological polar surface area (TPSA) is 90.1 Å². The molecule has 1 saturated heterocycles. The van der Waals surface area contributed by atoms with Crippen molar-refractivity contribution in [2.75, 3.05) is 33.2 Å². The lowest BCUT2D eigenvalue weighted by Gasteiger charge is -2.15. The van der Waals surface area contributed by atoms with E-state index in [0.717, 1.165) is 19.6 Å². The van der Waals surface area contributed by atoms with Crippen LogP contribution in [-0.2, 0) is 16.6 Å². The molecule has 0 saturated carbocycles. The third kappa shape index (κ3) is 3.57. The van der Waals surface area contributed by atoms with E-state index in [4.69, 9.17) is 0 Å². The molecule has 20 heavy (non-hydrogen) atoms. The molecule has 2 rings (SSSR count). The molecule has 0 aliphatic carbocycles. The summed E-state index contributed by atoms with van der Waals surface area (Å²) < 4.78 is 27.4. The lowest BCUT2D eigenvalue weighted by molar-refractivity contribution is 0.344. The van der Waals surface area contributed by atoms with Gasteiger partial charge in [-0.2, -0.15) is 5.10 Å². The number of aryl methyl sites for hydroxylation is 1. The van der Waals surface area contributed by atoms with E-state index in [1.54, 1.807) is 14.0 Å². The largest absolute Gasteiger partial charge is 0.314 e. The highest BCUT2D eigenvalue weighted by Gasteiger charge is 2.24. The minimum atomic E-state index is -3.50. The summed E-state index contributed by atoms with van der Waals surface area (Å²) in [5.74, 6) is 0. The van der Waals surface area contributed by atoms with E-state index < -0.39 is 10.0 Å². The molecule has 3 N–H and O–H groups in total. The monoisotopic (exact) mass is 301 g/mol. The van der Waals surface area contributed by atoms with Gasteiger partial charge < -0.3 is 10.2 Å². The van der Waals surface area contributed by atoms with Gasteiger partial charge in [-0.25, -0.2) is 13.1 Å². The first-order valence-corrected chi connectivity index (χ1v) is 8.43. The average Bonchev–Trinajstić information content (AvgIpc) is 3.00. The van der Waals surface area contributed by atoms with Crippen molar-refractivity contribution in [3.8, 4) is 0 Å². The fourth-order valence-corrected chi connectivity index (χ4v) is 3.91.